The van der Waals surface area contributed by atoms with Gasteiger partial charge in [0.15, 0.2) is 0 Å². The maximum Gasteiger partial charge on any atom is 0.255 e. The smallest absolute Gasteiger partial charge is 0.255 e. The van der Waals surface area contributed by atoms with Crippen LogP contribution in [-0.2, 0) is 0 Å². The Bertz CT molecular complexity index is 1000. The van der Waals surface area contributed by atoms with E-state index in [1.54, 1.807) is 43.5 Å². The van der Waals surface area contributed by atoms with Gasteiger partial charge in [0, 0.05) is 16.8 Å². The maximum absolute atomic E-state index is 12.6. The summed E-state index contributed by atoms with van der Waals surface area (Å²) in [5.74, 6) is 0.354. The number of hydrogen-bond donors (Lipinski definition) is 2. The van der Waals surface area contributed by atoms with E-state index in [0.29, 0.717) is 16.8 Å². The number of anilines is 1. The first-order chi connectivity index (χ1) is 14.0. The Hall–Kier alpha value is -3.12. The van der Waals surface area contributed by atoms with E-state index in [1.807, 2.05) is 43.3 Å². The normalized spacial score (nSPS) is 11.4. The number of halogens is 1. The van der Waals surface area contributed by atoms with Crippen LogP contribution in [0.25, 0.3) is 0 Å². The Labute approximate surface area is 178 Å². The molecule has 29 heavy (non-hydrogen) atoms. The van der Waals surface area contributed by atoms with Crippen molar-refractivity contribution in [2.45, 2.75) is 13.0 Å². The Kier molecular flexibility index (Phi) is 6.67. The summed E-state index contributed by atoms with van der Waals surface area (Å²) in [5, 5.41) is 5.80. The summed E-state index contributed by atoms with van der Waals surface area (Å²) in [6, 6.07) is 21.3. The molecule has 1 unspecified atom stereocenters. The Morgan fingerprint density at radius 1 is 0.897 bits per heavy atom. The number of benzene rings is 3. The van der Waals surface area contributed by atoms with Gasteiger partial charge in [0.1, 0.15) is 5.75 Å². The first-order valence-electron chi connectivity index (χ1n) is 9.08. The van der Waals surface area contributed by atoms with Gasteiger partial charge in [-0.05, 0) is 76.9 Å². The zero-order valence-electron chi connectivity index (χ0n) is 16.1. The molecule has 0 bridgehead atoms. The lowest BCUT2D eigenvalue weighted by molar-refractivity contribution is 0.0939. The number of hydrogen-bond acceptors (Lipinski definition) is 3. The molecule has 2 N–H and O–H groups in total. The van der Waals surface area contributed by atoms with E-state index in [-0.39, 0.29) is 17.9 Å². The van der Waals surface area contributed by atoms with Gasteiger partial charge in [0.2, 0.25) is 0 Å². The van der Waals surface area contributed by atoms with E-state index in [9.17, 15) is 9.59 Å². The van der Waals surface area contributed by atoms with Gasteiger partial charge in [0.05, 0.1) is 17.6 Å². The first-order valence-corrected chi connectivity index (χ1v) is 9.88. The molecule has 0 aliphatic carbocycles. The second-order valence-corrected chi connectivity index (χ2v) is 7.34. The standard InChI is InChI=1S/C23H21BrN2O3/c1-15(18-10-13-21(29-2)20(24)14-18)25-22(27)17-8-11-19(12-9-17)26-23(28)16-6-4-3-5-7-16/h3-15H,1-2H3,(H,25,27)(H,26,28). The third-order valence-corrected chi connectivity index (χ3v) is 5.08. The number of ether oxygens (including phenoxy) is 1. The molecule has 0 heterocycles. The van der Waals surface area contributed by atoms with E-state index in [1.165, 1.54) is 0 Å². The van der Waals surface area contributed by atoms with Crippen molar-refractivity contribution in [3.8, 4) is 5.75 Å². The molecule has 0 radical (unpaired) electrons. The highest BCUT2D eigenvalue weighted by Crippen LogP contribution is 2.28. The minimum Gasteiger partial charge on any atom is -0.496 e. The van der Waals surface area contributed by atoms with Gasteiger partial charge in [-0.2, -0.15) is 0 Å². The van der Waals surface area contributed by atoms with Crippen molar-refractivity contribution in [1.29, 1.82) is 0 Å². The van der Waals surface area contributed by atoms with Gasteiger partial charge >= 0.3 is 0 Å². The molecule has 0 fully saturated rings. The topological polar surface area (TPSA) is 67.4 Å². The van der Waals surface area contributed by atoms with Gasteiger partial charge in [-0.1, -0.05) is 24.3 Å². The van der Waals surface area contributed by atoms with E-state index < -0.39 is 0 Å². The third-order valence-electron chi connectivity index (χ3n) is 4.46. The quantitative estimate of drug-likeness (QED) is 0.539. The number of carbonyl (C=O) groups excluding carboxylic acids is 2. The van der Waals surface area contributed by atoms with Gasteiger partial charge < -0.3 is 15.4 Å². The molecule has 2 amide bonds. The fourth-order valence-electron chi connectivity index (χ4n) is 2.81. The lowest BCUT2D eigenvalue weighted by Gasteiger charge is -2.16. The summed E-state index contributed by atoms with van der Waals surface area (Å²) in [7, 11) is 1.61. The van der Waals surface area contributed by atoms with Crippen molar-refractivity contribution in [2.24, 2.45) is 0 Å². The minimum atomic E-state index is -0.193. The van der Waals surface area contributed by atoms with Crippen LogP contribution in [-0.4, -0.2) is 18.9 Å². The van der Waals surface area contributed by atoms with Crippen molar-refractivity contribution >= 4 is 33.4 Å². The molecule has 1 atom stereocenters. The largest absolute Gasteiger partial charge is 0.496 e. The van der Waals surface area contributed by atoms with E-state index in [2.05, 4.69) is 26.6 Å². The molecule has 6 heteroatoms. The lowest BCUT2D eigenvalue weighted by atomic mass is 10.1. The predicted molar refractivity (Wildman–Crippen MR) is 117 cm³/mol. The van der Waals surface area contributed by atoms with Gasteiger partial charge in [-0.25, -0.2) is 0 Å². The van der Waals surface area contributed by atoms with Crippen molar-refractivity contribution in [3.63, 3.8) is 0 Å². The molecule has 0 aliphatic rings. The molecular formula is C23H21BrN2O3. The third kappa shape index (κ3) is 5.23. The van der Waals surface area contributed by atoms with Gasteiger partial charge in [-0.3, -0.25) is 9.59 Å². The molecule has 0 spiro atoms. The summed E-state index contributed by atoms with van der Waals surface area (Å²) >= 11 is 3.46. The van der Waals surface area contributed by atoms with Crippen LogP contribution >= 0.6 is 15.9 Å². The molecule has 0 saturated heterocycles. The van der Waals surface area contributed by atoms with Gasteiger partial charge in [0.25, 0.3) is 11.8 Å². The monoisotopic (exact) mass is 452 g/mol. The SMILES string of the molecule is COc1ccc(C(C)NC(=O)c2ccc(NC(=O)c3ccccc3)cc2)cc1Br. The summed E-state index contributed by atoms with van der Waals surface area (Å²) in [5.41, 5.74) is 2.68. The fourth-order valence-corrected chi connectivity index (χ4v) is 3.37. The van der Waals surface area contributed by atoms with Crippen LogP contribution in [0.1, 0.15) is 39.2 Å². The van der Waals surface area contributed by atoms with Crippen LogP contribution < -0.4 is 15.4 Å². The molecule has 3 rings (SSSR count). The van der Waals surface area contributed by atoms with E-state index in [0.717, 1.165) is 15.8 Å². The molecule has 0 aliphatic heterocycles. The van der Waals surface area contributed by atoms with Crippen molar-refractivity contribution in [2.75, 3.05) is 12.4 Å². The summed E-state index contributed by atoms with van der Waals surface area (Å²) in [4.78, 5) is 24.8. The summed E-state index contributed by atoms with van der Waals surface area (Å²) in [6.07, 6.45) is 0. The molecule has 0 aromatic heterocycles. The number of methoxy groups -OCH3 is 1. The average Bonchev–Trinajstić information content (AvgIpc) is 2.74. The van der Waals surface area contributed by atoms with E-state index in [4.69, 9.17) is 4.74 Å². The maximum atomic E-state index is 12.6. The summed E-state index contributed by atoms with van der Waals surface area (Å²) in [6.45, 7) is 1.92. The fraction of sp³-hybridized carbons (Fsp3) is 0.130. The number of nitrogens with one attached hydrogen (secondary N) is 2. The van der Waals surface area contributed by atoms with Gasteiger partial charge in [-0.15, -0.1) is 0 Å². The van der Waals surface area contributed by atoms with Crippen LogP contribution in [0.4, 0.5) is 5.69 Å². The Morgan fingerprint density at radius 3 is 2.17 bits per heavy atom. The zero-order chi connectivity index (χ0) is 20.8. The van der Waals surface area contributed by atoms with Crippen molar-refractivity contribution in [3.05, 3.63) is 94.0 Å². The average molecular weight is 453 g/mol. The Balaban J connectivity index is 1.62. The summed E-state index contributed by atoms with van der Waals surface area (Å²) < 4.78 is 6.06. The second-order valence-electron chi connectivity index (χ2n) is 6.49. The lowest BCUT2D eigenvalue weighted by Crippen LogP contribution is -2.26. The number of amides is 2. The van der Waals surface area contributed by atoms with Crippen molar-refractivity contribution in [1.82, 2.24) is 5.32 Å². The number of rotatable bonds is 6. The van der Waals surface area contributed by atoms with Crippen LogP contribution in [0.3, 0.4) is 0 Å². The van der Waals surface area contributed by atoms with E-state index >= 15 is 0 Å². The van der Waals surface area contributed by atoms with Crippen LogP contribution in [0.15, 0.2) is 77.3 Å². The van der Waals surface area contributed by atoms with Crippen molar-refractivity contribution < 1.29 is 14.3 Å². The predicted octanol–water partition coefficient (Wildman–Crippen LogP) is 5.20. The molecule has 148 valence electrons. The highest BCUT2D eigenvalue weighted by atomic mass is 79.9. The highest BCUT2D eigenvalue weighted by Gasteiger charge is 2.13. The molecule has 0 saturated carbocycles. The molecule has 3 aromatic carbocycles. The van der Waals surface area contributed by atoms with Crippen LogP contribution in [0.2, 0.25) is 0 Å². The molecule has 5 nitrogen and oxygen atoms in total. The molecular weight excluding hydrogens is 432 g/mol. The minimum absolute atomic E-state index is 0.179. The highest BCUT2D eigenvalue weighted by molar-refractivity contribution is 9.10. The van der Waals surface area contributed by atoms with Crippen LogP contribution in [0.5, 0.6) is 5.75 Å². The molecule has 3 aromatic rings. The zero-order valence-corrected chi connectivity index (χ0v) is 17.7. The number of carbonyl (C=O) groups is 2. The second kappa shape index (κ2) is 9.39. The first kappa shape index (κ1) is 20.6. The Morgan fingerprint density at radius 2 is 1.55 bits per heavy atom. The van der Waals surface area contributed by atoms with Crippen LogP contribution in [0, 0.1) is 0 Å².